The molecule has 0 saturated carbocycles. The van der Waals surface area contributed by atoms with Crippen molar-refractivity contribution in [1.29, 1.82) is 0 Å². The Morgan fingerprint density at radius 1 is 1.22 bits per heavy atom. The van der Waals surface area contributed by atoms with Gasteiger partial charge >= 0.3 is 0 Å². The molecule has 1 atom stereocenters. The van der Waals surface area contributed by atoms with Gasteiger partial charge in [0.1, 0.15) is 0 Å². The fraction of sp³-hybridized carbons (Fsp3) is 0.391. The molecule has 0 bridgehead atoms. The van der Waals surface area contributed by atoms with Crippen LogP contribution >= 0.6 is 11.3 Å². The van der Waals surface area contributed by atoms with E-state index in [1.54, 1.807) is 18.2 Å². The van der Waals surface area contributed by atoms with E-state index in [-0.39, 0.29) is 23.8 Å². The van der Waals surface area contributed by atoms with Gasteiger partial charge in [-0.3, -0.25) is 9.69 Å². The lowest BCUT2D eigenvalue weighted by molar-refractivity contribution is -0.116. The van der Waals surface area contributed by atoms with Crippen molar-refractivity contribution in [3.05, 3.63) is 53.5 Å². The smallest absolute Gasteiger partial charge is 0.240 e. The van der Waals surface area contributed by atoms with E-state index in [1.807, 2.05) is 29.6 Å². The van der Waals surface area contributed by atoms with Crippen molar-refractivity contribution >= 4 is 43.2 Å². The summed E-state index contributed by atoms with van der Waals surface area (Å²) < 4.78 is 27.7. The van der Waals surface area contributed by atoms with Crippen LogP contribution in [0.3, 0.4) is 0 Å². The number of thiazole rings is 1. The first-order valence-corrected chi connectivity index (χ1v) is 13.2. The lowest BCUT2D eigenvalue weighted by atomic mass is 10.0. The molecule has 1 aromatic heterocycles. The summed E-state index contributed by atoms with van der Waals surface area (Å²) in [6, 6.07) is 12.6. The minimum Gasteiger partial charge on any atom is -0.302 e. The molecule has 1 aliphatic heterocycles. The van der Waals surface area contributed by atoms with E-state index >= 15 is 0 Å². The number of piperidine rings is 1. The topological polar surface area (TPSA) is 91.4 Å². The van der Waals surface area contributed by atoms with Gasteiger partial charge in [-0.25, -0.2) is 18.1 Å². The van der Waals surface area contributed by atoms with Crippen LogP contribution < -0.4 is 10.0 Å². The zero-order chi connectivity index (χ0) is 22.6. The second-order valence-corrected chi connectivity index (χ2v) is 11.0. The highest BCUT2D eigenvalue weighted by atomic mass is 32.2. The van der Waals surface area contributed by atoms with E-state index < -0.39 is 10.0 Å². The highest BCUT2D eigenvalue weighted by molar-refractivity contribution is 7.89. The number of nitrogens with zero attached hydrogens (tertiary/aromatic N) is 2. The predicted molar refractivity (Wildman–Crippen MR) is 128 cm³/mol. The van der Waals surface area contributed by atoms with Crippen LogP contribution in [0.4, 0.5) is 5.13 Å². The lowest BCUT2D eigenvalue weighted by Crippen LogP contribution is -2.33. The lowest BCUT2D eigenvalue weighted by Gasteiger charge is -2.30. The Balaban J connectivity index is 1.26. The number of likely N-dealkylation sites (tertiary alicyclic amines) is 1. The molecule has 170 valence electrons. The van der Waals surface area contributed by atoms with Crippen molar-refractivity contribution in [2.45, 2.75) is 37.6 Å². The van der Waals surface area contributed by atoms with E-state index in [1.165, 1.54) is 24.2 Å². The summed E-state index contributed by atoms with van der Waals surface area (Å²) in [5.41, 5.74) is 0.955. The van der Waals surface area contributed by atoms with E-state index in [0.717, 1.165) is 36.1 Å². The van der Waals surface area contributed by atoms with Gasteiger partial charge in [0.05, 0.1) is 10.6 Å². The van der Waals surface area contributed by atoms with Crippen LogP contribution in [0.1, 0.15) is 31.9 Å². The fourth-order valence-electron chi connectivity index (χ4n) is 4.00. The largest absolute Gasteiger partial charge is 0.302 e. The molecular formula is C23H28N4O3S2. The van der Waals surface area contributed by atoms with Crippen LogP contribution in [0.5, 0.6) is 0 Å². The highest BCUT2D eigenvalue weighted by Gasteiger charge is 2.18. The third-order valence-corrected chi connectivity index (χ3v) is 7.87. The zero-order valence-electron chi connectivity index (χ0n) is 18.1. The zero-order valence-corrected chi connectivity index (χ0v) is 19.7. The van der Waals surface area contributed by atoms with Gasteiger partial charge in [0.15, 0.2) is 5.13 Å². The first-order chi connectivity index (χ1) is 15.4. The molecule has 2 N–H and O–H groups in total. The molecule has 32 heavy (non-hydrogen) atoms. The maximum Gasteiger partial charge on any atom is 0.240 e. The van der Waals surface area contributed by atoms with Gasteiger partial charge in [-0.1, -0.05) is 37.3 Å². The normalized spacial score (nSPS) is 17.5. The van der Waals surface area contributed by atoms with Gasteiger partial charge < -0.3 is 5.32 Å². The Hall–Kier alpha value is -2.33. The van der Waals surface area contributed by atoms with Crippen molar-refractivity contribution in [3.63, 3.8) is 0 Å². The van der Waals surface area contributed by atoms with E-state index in [9.17, 15) is 13.2 Å². The van der Waals surface area contributed by atoms with Crippen molar-refractivity contribution in [1.82, 2.24) is 14.6 Å². The second-order valence-electron chi connectivity index (χ2n) is 8.33. The number of hydrogen-bond acceptors (Lipinski definition) is 6. The highest BCUT2D eigenvalue weighted by Crippen LogP contribution is 2.21. The molecule has 0 spiro atoms. The Bertz CT molecular complexity index is 1190. The first-order valence-electron chi connectivity index (χ1n) is 10.8. The van der Waals surface area contributed by atoms with Gasteiger partial charge in [-0.05, 0) is 48.2 Å². The average Bonchev–Trinajstić information content (AvgIpc) is 3.19. The van der Waals surface area contributed by atoms with Crippen LogP contribution in [0.15, 0.2) is 52.7 Å². The van der Waals surface area contributed by atoms with E-state index in [0.29, 0.717) is 11.0 Å². The predicted octanol–water partition coefficient (Wildman–Crippen LogP) is 3.84. The van der Waals surface area contributed by atoms with Crippen LogP contribution in [0.25, 0.3) is 10.8 Å². The van der Waals surface area contributed by atoms with Crippen molar-refractivity contribution < 1.29 is 13.2 Å². The Kier molecular flexibility index (Phi) is 7.20. The maximum absolute atomic E-state index is 12.6. The van der Waals surface area contributed by atoms with Crippen molar-refractivity contribution in [3.8, 4) is 0 Å². The van der Waals surface area contributed by atoms with Crippen LogP contribution in [0, 0.1) is 5.92 Å². The Morgan fingerprint density at radius 3 is 2.84 bits per heavy atom. The van der Waals surface area contributed by atoms with Crippen LogP contribution in [-0.2, 0) is 21.4 Å². The number of rotatable bonds is 8. The summed E-state index contributed by atoms with van der Waals surface area (Å²) in [6.45, 7) is 5.25. The van der Waals surface area contributed by atoms with Gasteiger partial charge in [-0.2, -0.15) is 0 Å². The number of carbonyl (C=O) groups is 1. The first kappa shape index (κ1) is 22.8. The third kappa shape index (κ3) is 5.92. The van der Waals surface area contributed by atoms with Gasteiger partial charge in [0, 0.05) is 31.4 Å². The maximum atomic E-state index is 12.6. The SMILES string of the molecule is CC1CCCN(Cc2csc(NC(=O)CCNS(=O)(=O)c3ccc4ccccc4c3)n2)C1. The van der Waals surface area contributed by atoms with Crippen molar-refractivity contribution in [2.24, 2.45) is 5.92 Å². The Labute approximate surface area is 192 Å². The standard InChI is InChI=1S/C23H28N4O3S2/c1-17-5-4-12-27(14-17)15-20-16-31-23(25-20)26-22(28)10-11-24-32(29,30)21-9-8-18-6-2-3-7-19(18)13-21/h2-3,6-9,13,16-17,24H,4-5,10-12,14-15H2,1H3,(H,25,26,28). The molecule has 7 nitrogen and oxygen atoms in total. The second kappa shape index (κ2) is 10.1. The van der Waals surface area contributed by atoms with E-state index in [4.69, 9.17) is 0 Å². The molecule has 1 fully saturated rings. The fourth-order valence-corrected chi connectivity index (χ4v) is 5.78. The molecule has 2 heterocycles. The number of hydrogen-bond donors (Lipinski definition) is 2. The number of carbonyl (C=O) groups excluding carboxylic acids is 1. The Morgan fingerprint density at radius 2 is 2.03 bits per heavy atom. The third-order valence-electron chi connectivity index (χ3n) is 5.60. The minimum atomic E-state index is -3.69. The number of sulfonamides is 1. The number of anilines is 1. The molecule has 1 unspecified atom stereocenters. The van der Waals surface area contributed by atoms with Crippen LogP contribution in [0.2, 0.25) is 0 Å². The molecule has 4 rings (SSSR count). The number of benzene rings is 2. The van der Waals surface area contributed by atoms with Gasteiger partial charge in [-0.15, -0.1) is 11.3 Å². The van der Waals surface area contributed by atoms with Crippen LogP contribution in [-0.4, -0.2) is 43.8 Å². The monoisotopic (exact) mass is 472 g/mol. The molecule has 1 saturated heterocycles. The molecule has 9 heteroatoms. The molecule has 1 aliphatic rings. The van der Waals surface area contributed by atoms with Gasteiger partial charge in [0.2, 0.25) is 15.9 Å². The number of aromatic nitrogens is 1. The summed E-state index contributed by atoms with van der Waals surface area (Å²) >= 11 is 1.40. The number of fused-ring (bicyclic) bond motifs is 1. The summed E-state index contributed by atoms with van der Waals surface area (Å²) in [4.78, 5) is 19.4. The van der Waals surface area contributed by atoms with Gasteiger partial charge in [0.25, 0.3) is 0 Å². The molecule has 0 aliphatic carbocycles. The summed E-state index contributed by atoms with van der Waals surface area (Å²) in [6.07, 6.45) is 2.52. The number of nitrogens with one attached hydrogen (secondary N) is 2. The van der Waals surface area contributed by atoms with E-state index in [2.05, 4.69) is 26.8 Å². The minimum absolute atomic E-state index is 0.0187. The summed E-state index contributed by atoms with van der Waals surface area (Å²) in [7, 11) is -3.69. The molecule has 0 radical (unpaired) electrons. The summed E-state index contributed by atoms with van der Waals surface area (Å²) in [5.74, 6) is 0.443. The summed E-state index contributed by atoms with van der Waals surface area (Å²) in [5, 5.41) is 7.12. The number of amides is 1. The molecule has 2 aromatic carbocycles. The average molecular weight is 473 g/mol. The molecule has 3 aromatic rings. The molecular weight excluding hydrogens is 444 g/mol. The molecule has 1 amide bonds. The quantitative estimate of drug-likeness (QED) is 0.520. The van der Waals surface area contributed by atoms with Crippen molar-refractivity contribution in [2.75, 3.05) is 25.0 Å².